The molecule has 1 amide bonds. The van der Waals surface area contributed by atoms with E-state index < -0.39 is 0 Å². The Morgan fingerprint density at radius 2 is 1.85 bits per heavy atom. The number of nitrogens with one attached hydrogen (secondary N) is 1. The van der Waals surface area contributed by atoms with Crippen LogP contribution in [0.2, 0.25) is 0 Å². The fourth-order valence-electron chi connectivity index (χ4n) is 3.17. The molecule has 6 heteroatoms. The highest BCUT2D eigenvalue weighted by Gasteiger charge is 2.23. The molecule has 2 aromatic heterocycles. The van der Waals surface area contributed by atoms with Crippen molar-refractivity contribution in [3.8, 4) is 11.1 Å². The molecule has 1 atom stereocenters. The second-order valence-corrected chi connectivity index (χ2v) is 6.52. The molecule has 6 nitrogen and oxygen atoms in total. The molecule has 0 radical (unpaired) electrons. The number of amides is 1. The average molecular weight is 349 g/mol. The predicted molar refractivity (Wildman–Crippen MR) is 103 cm³/mol. The summed E-state index contributed by atoms with van der Waals surface area (Å²) in [6.45, 7) is 5.93. The van der Waals surface area contributed by atoms with Gasteiger partial charge in [0.25, 0.3) is 5.91 Å². The highest BCUT2D eigenvalue weighted by Crippen LogP contribution is 2.26. The molecular formula is C20H23N5O. The van der Waals surface area contributed by atoms with Crippen LogP contribution in [-0.2, 0) is 0 Å². The Morgan fingerprint density at radius 1 is 1.15 bits per heavy atom. The highest BCUT2D eigenvalue weighted by atomic mass is 16.2. The van der Waals surface area contributed by atoms with Gasteiger partial charge in [-0.1, -0.05) is 12.1 Å². The van der Waals surface area contributed by atoms with Gasteiger partial charge in [0.1, 0.15) is 0 Å². The number of benzene rings is 1. The predicted octanol–water partition coefficient (Wildman–Crippen LogP) is 3.50. The van der Waals surface area contributed by atoms with Crippen LogP contribution in [0, 0.1) is 13.8 Å². The largest absolute Gasteiger partial charge is 0.397 e. The number of hydrogen-bond donors (Lipinski definition) is 2. The summed E-state index contributed by atoms with van der Waals surface area (Å²) in [7, 11) is 1.81. The zero-order valence-corrected chi connectivity index (χ0v) is 15.4. The second kappa shape index (κ2) is 7.00. The maximum Gasteiger partial charge on any atom is 0.254 e. The number of aryl methyl sites for hydroxylation is 2. The van der Waals surface area contributed by atoms with Crippen LogP contribution in [0.15, 0.2) is 42.7 Å². The van der Waals surface area contributed by atoms with Gasteiger partial charge in [-0.3, -0.25) is 14.9 Å². The molecule has 134 valence electrons. The SMILES string of the molecule is Cc1n[nH]c(C)c1[C@H](C)N(C)C(=O)c1ccc(-c2cncc(N)c2)cc1. The maximum absolute atomic E-state index is 12.9. The number of H-pyrrole nitrogens is 1. The Morgan fingerprint density at radius 3 is 2.42 bits per heavy atom. The lowest BCUT2D eigenvalue weighted by Crippen LogP contribution is -2.30. The van der Waals surface area contributed by atoms with Crippen molar-refractivity contribution >= 4 is 11.6 Å². The third kappa shape index (κ3) is 3.31. The van der Waals surface area contributed by atoms with Gasteiger partial charge in [-0.15, -0.1) is 0 Å². The molecule has 0 unspecified atom stereocenters. The van der Waals surface area contributed by atoms with Crippen LogP contribution in [0.1, 0.15) is 40.3 Å². The molecular weight excluding hydrogens is 326 g/mol. The first-order chi connectivity index (χ1) is 12.4. The lowest BCUT2D eigenvalue weighted by molar-refractivity contribution is 0.0742. The minimum atomic E-state index is -0.0703. The van der Waals surface area contributed by atoms with Crippen LogP contribution in [0.25, 0.3) is 11.1 Å². The van der Waals surface area contributed by atoms with E-state index in [4.69, 9.17) is 5.73 Å². The summed E-state index contributed by atoms with van der Waals surface area (Å²) in [5.74, 6) is -0.0326. The molecule has 0 saturated carbocycles. The van der Waals surface area contributed by atoms with Gasteiger partial charge in [0.2, 0.25) is 0 Å². The van der Waals surface area contributed by atoms with Gasteiger partial charge in [-0.25, -0.2) is 0 Å². The van der Waals surface area contributed by atoms with Gasteiger partial charge in [0.05, 0.1) is 17.4 Å². The first-order valence-corrected chi connectivity index (χ1v) is 8.48. The number of nitrogen functional groups attached to an aromatic ring is 1. The summed E-state index contributed by atoms with van der Waals surface area (Å²) in [6.07, 6.45) is 3.36. The van der Waals surface area contributed by atoms with Crippen molar-refractivity contribution in [1.29, 1.82) is 0 Å². The molecule has 0 saturated heterocycles. The molecule has 2 heterocycles. The number of carbonyl (C=O) groups excluding carboxylic acids is 1. The van der Waals surface area contributed by atoms with E-state index in [0.717, 1.165) is 28.1 Å². The van der Waals surface area contributed by atoms with E-state index in [-0.39, 0.29) is 11.9 Å². The molecule has 0 aliphatic carbocycles. The molecule has 0 aliphatic heterocycles. The van der Waals surface area contributed by atoms with E-state index in [1.165, 1.54) is 0 Å². The topological polar surface area (TPSA) is 87.9 Å². The van der Waals surface area contributed by atoms with Gasteiger partial charge in [-0.2, -0.15) is 5.10 Å². The van der Waals surface area contributed by atoms with Gasteiger partial charge >= 0.3 is 0 Å². The summed E-state index contributed by atoms with van der Waals surface area (Å²) in [5.41, 5.74) is 11.9. The highest BCUT2D eigenvalue weighted by molar-refractivity contribution is 5.94. The van der Waals surface area contributed by atoms with E-state index in [1.807, 2.05) is 58.2 Å². The quantitative estimate of drug-likeness (QED) is 0.754. The van der Waals surface area contributed by atoms with Crippen molar-refractivity contribution in [2.45, 2.75) is 26.8 Å². The molecule has 1 aromatic carbocycles. The average Bonchev–Trinajstić information content (AvgIpc) is 2.98. The van der Waals surface area contributed by atoms with Gasteiger partial charge in [-0.05, 0) is 44.5 Å². The van der Waals surface area contributed by atoms with Crippen molar-refractivity contribution in [2.24, 2.45) is 0 Å². The number of nitrogens with two attached hydrogens (primary N) is 1. The minimum Gasteiger partial charge on any atom is -0.397 e. The van der Waals surface area contributed by atoms with Crippen LogP contribution < -0.4 is 5.73 Å². The van der Waals surface area contributed by atoms with Crippen molar-refractivity contribution in [2.75, 3.05) is 12.8 Å². The summed E-state index contributed by atoms with van der Waals surface area (Å²) in [5, 5.41) is 7.20. The minimum absolute atomic E-state index is 0.0326. The molecule has 3 rings (SSSR count). The first-order valence-electron chi connectivity index (χ1n) is 8.48. The van der Waals surface area contributed by atoms with E-state index >= 15 is 0 Å². The normalized spacial score (nSPS) is 12.0. The number of rotatable bonds is 4. The van der Waals surface area contributed by atoms with Crippen molar-refractivity contribution in [3.05, 3.63) is 65.2 Å². The lowest BCUT2D eigenvalue weighted by atomic mass is 10.0. The van der Waals surface area contributed by atoms with Crippen LogP contribution >= 0.6 is 0 Å². The molecule has 0 spiro atoms. The second-order valence-electron chi connectivity index (χ2n) is 6.52. The van der Waals surface area contributed by atoms with E-state index in [9.17, 15) is 4.79 Å². The summed E-state index contributed by atoms with van der Waals surface area (Å²) in [4.78, 5) is 18.7. The standard InChI is InChI=1S/C20H23N5O/c1-12-19(13(2)24-23-12)14(3)25(4)20(26)16-7-5-15(6-8-16)17-9-18(21)11-22-10-17/h5-11,14H,21H2,1-4H3,(H,23,24)/t14-/m0/s1. The van der Waals surface area contributed by atoms with Gasteiger partial charge in [0.15, 0.2) is 0 Å². The van der Waals surface area contributed by atoms with Crippen LogP contribution in [0.3, 0.4) is 0 Å². The maximum atomic E-state index is 12.9. The molecule has 3 N–H and O–H groups in total. The van der Waals surface area contributed by atoms with E-state index in [2.05, 4.69) is 15.2 Å². The summed E-state index contributed by atoms with van der Waals surface area (Å²) in [6, 6.07) is 9.28. The first kappa shape index (κ1) is 17.7. The number of anilines is 1. The fourth-order valence-corrected chi connectivity index (χ4v) is 3.17. The van der Waals surface area contributed by atoms with Crippen molar-refractivity contribution in [1.82, 2.24) is 20.1 Å². The summed E-state index contributed by atoms with van der Waals surface area (Å²) >= 11 is 0. The summed E-state index contributed by atoms with van der Waals surface area (Å²) < 4.78 is 0. The number of hydrogen-bond acceptors (Lipinski definition) is 4. The number of carbonyl (C=O) groups is 1. The van der Waals surface area contributed by atoms with Gasteiger partial charge < -0.3 is 10.6 Å². The number of aromatic amines is 1. The Kier molecular flexibility index (Phi) is 4.75. The Hall–Kier alpha value is -3.15. The number of pyridine rings is 1. The number of nitrogens with zero attached hydrogens (tertiary/aromatic N) is 3. The third-order valence-corrected chi connectivity index (χ3v) is 4.73. The van der Waals surface area contributed by atoms with Crippen LogP contribution in [0.4, 0.5) is 5.69 Å². The lowest BCUT2D eigenvalue weighted by Gasteiger charge is -2.25. The Labute approximate surface area is 153 Å². The smallest absolute Gasteiger partial charge is 0.254 e. The van der Waals surface area contributed by atoms with Crippen LogP contribution in [-0.4, -0.2) is 33.0 Å². The van der Waals surface area contributed by atoms with Gasteiger partial charge in [0, 0.05) is 41.8 Å². The van der Waals surface area contributed by atoms with E-state index in [1.54, 1.807) is 17.3 Å². The molecule has 0 aliphatic rings. The van der Waals surface area contributed by atoms with E-state index in [0.29, 0.717) is 11.3 Å². The number of aromatic nitrogens is 3. The van der Waals surface area contributed by atoms with Crippen molar-refractivity contribution in [3.63, 3.8) is 0 Å². The molecule has 0 bridgehead atoms. The zero-order valence-electron chi connectivity index (χ0n) is 15.4. The van der Waals surface area contributed by atoms with Crippen LogP contribution in [0.5, 0.6) is 0 Å². The molecule has 3 aromatic rings. The Bertz CT molecular complexity index is 910. The Balaban J connectivity index is 1.81. The monoisotopic (exact) mass is 349 g/mol. The molecule has 26 heavy (non-hydrogen) atoms. The molecule has 0 fully saturated rings. The third-order valence-electron chi connectivity index (χ3n) is 4.73. The zero-order chi connectivity index (χ0) is 18.8. The fraction of sp³-hybridized carbons (Fsp3) is 0.250. The van der Waals surface area contributed by atoms with Crippen molar-refractivity contribution < 1.29 is 4.79 Å².